The average Bonchev–Trinajstić information content (AvgIpc) is 2.48. The lowest BCUT2D eigenvalue weighted by atomic mass is 9.76. The van der Waals surface area contributed by atoms with Gasteiger partial charge in [0.1, 0.15) is 0 Å². The zero-order chi connectivity index (χ0) is 15.0. The molecule has 0 saturated carbocycles. The van der Waals surface area contributed by atoms with E-state index in [-0.39, 0.29) is 17.4 Å². The number of hydrogen-bond donors (Lipinski definition) is 2. The summed E-state index contributed by atoms with van der Waals surface area (Å²) in [6.45, 7) is 0. The highest BCUT2D eigenvalue weighted by atomic mass is 16.3. The Morgan fingerprint density at radius 2 is 1.67 bits per heavy atom. The van der Waals surface area contributed by atoms with Crippen LogP contribution in [0.2, 0.25) is 0 Å². The summed E-state index contributed by atoms with van der Waals surface area (Å²) < 4.78 is 0. The van der Waals surface area contributed by atoms with Gasteiger partial charge in [0.25, 0.3) is 0 Å². The van der Waals surface area contributed by atoms with Crippen molar-refractivity contribution >= 4 is 0 Å². The maximum atomic E-state index is 9.85. The lowest BCUT2D eigenvalue weighted by Gasteiger charge is -2.35. The molecular weight excluding hydrogens is 262 g/mol. The lowest BCUT2D eigenvalue weighted by Crippen LogP contribution is -2.35. The average molecular weight is 283 g/mol. The minimum atomic E-state index is -0.0296. The van der Waals surface area contributed by atoms with Crippen LogP contribution in [0.1, 0.15) is 29.0 Å². The summed E-state index contributed by atoms with van der Waals surface area (Å²) in [6, 6.07) is 14.3. The maximum Gasteiger partial charge on any atom is 0.157 e. The molecule has 0 heterocycles. The van der Waals surface area contributed by atoms with Gasteiger partial charge >= 0.3 is 0 Å². The highest BCUT2D eigenvalue weighted by molar-refractivity contribution is 5.51. The number of rotatable bonds is 2. The van der Waals surface area contributed by atoms with Crippen molar-refractivity contribution in [2.45, 2.75) is 24.8 Å². The van der Waals surface area contributed by atoms with E-state index in [9.17, 15) is 10.2 Å². The molecule has 2 N–H and O–H groups in total. The summed E-state index contributed by atoms with van der Waals surface area (Å²) in [5.41, 5.74) is 3.52. The van der Waals surface area contributed by atoms with Crippen LogP contribution in [0.15, 0.2) is 42.5 Å². The van der Waals surface area contributed by atoms with E-state index in [1.165, 1.54) is 5.56 Å². The van der Waals surface area contributed by atoms with Crippen molar-refractivity contribution in [3.63, 3.8) is 0 Å². The minimum absolute atomic E-state index is 0.0278. The first-order chi connectivity index (χ1) is 10.1. The zero-order valence-electron chi connectivity index (χ0n) is 12.5. The fourth-order valence-corrected chi connectivity index (χ4v) is 3.27. The van der Waals surface area contributed by atoms with Gasteiger partial charge in [-0.2, -0.15) is 0 Å². The number of phenolic OH excluding ortho intramolecular Hbond substituents is 2. The van der Waals surface area contributed by atoms with Gasteiger partial charge in [0.05, 0.1) is 0 Å². The van der Waals surface area contributed by atoms with Crippen molar-refractivity contribution in [3.8, 4) is 11.5 Å². The molecule has 0 bridgehead atoms. The molecule has 2 atom stereocenters. The van der Waals surface area contributed by atoms with E-state index in [2.05, 4.69) is 43.3 Å². The van der Waals surface area contributed by atoms with Crippen molar-refractivity contribution < 1.29 is 10.2 Å². The number of likely N-dealkylation sites (N-methyl/N-ethyl adjacent to an activating group) is 1. The summed E-state index contributed by atoms with van der Waals surface area (Å²) >= 11 is 0. The number of hydrogen-bond acceptors (Lipinski definition) is 3. The third-order valence-electron chi connectivity index (χ3n) is 4.51. The van der Waals surface area contributed by atoms with Gasteiger partial charge in [0, 0.05) is 12.0 Å². The van der Waals surface area contributed by atoms with Crippen LogP contribution in [0.3, 0.4) is 0 Å². The van der Waals surface area contributed by atoms with Crippen molar-refractivity contribution in [3.05, 3.63) is 59.2 Å². The fraction of sp³-hybridized carbons (Fsp3) is 0.333. The van der Waals surface area contributed by atoms with Crippen molar-refractivity contribution in [1.29, 1.82) is 0 Å². The van der Waals surface area contributed by atoms with Crippen LogP contribution >= 0.6 is 0 Å². The molecular formula is C18H21NO2. The number of nitrogens with zero attached hydrogens (tertiary/aromatic N) is 1. The van der Waals surface area contributed by atoms with E-state index < -0.39 is 0 Å². The van der Waals surface area contributed by atoms with Crippen molar-refractivity contribution in [1.82, 2.24) is 4.90 Å². The molecule has 0 amide bonds. The predicted octanol–water partition coefficient (Wildman–Crippen LogP) is 3.11. The van der Waals surface area contributed by atoms with E-state index in [0.29, 0.717) is 6.04 Å². The molecule has 0 spiro atoms. The van der Waals surface area contributed by atoms with Gasteiger partial charge in [0.2, 0.25) is 0 Å². The Morgan fingerprint density at radius 1 is 1.00 bits per heavy atom. The SMILES string of the molecule is CN(C)[C@H]1Cc2cc(O)c(O)cc2[C@H](c2ccccc2)C1. The van der Waals surface area contributed by atoms with Crippen LogP contribution in [0.4, 0.5) is 0 Å². The molecule has 3 heteroatoms. The van der Waals surface area contributed by atoms with E-state index in [1.807, 2.05) is 6.07 Å². The Kier molecular flexibility index (Phi) is 3.60. The van der Waals surface area contributed by atoms with Crippen LogP contribution in [0, 0.1) is 0 Å². The largest absolute Gasteiger partial charge is 0.504 e. The van der Waals surface area contributed by atoms with Crippen LogP contribution in [-0.2, 0) is 6.42 Å². The number of benzene rings is 2. The molecule has 3 nitrogen and oxygen atoms in total. The Balaban J connectivity index is 2.10. The summed E-state index contributed by atoms with van der Waals surface area (Å²) in [5.74, 6) is 0.201. The second-order valence-corrected chi connectivity index (χ2v) is 6.06. The first kappa shape index (κ1) is 14.0. The molecule has 1 aliphatic rings. The quantitative estimate of drug-likeness (QED) is 0.832. The number of fused-ring (bicyclic) bond motifs is 1. The van der Waals surface area contributed by atoms with Gasteiger partial charge in [-0.3, -0.25) is 0 Å². The molecule has 0 aromatic heterocycles. The highest BCUT2D eigenvalue weighted by Gasteiger charge is 2.30. The molecule has 110 valence electrons. The fourth-order valence-electron chi connectivity index (χ4n) is 3.27. The van der Waals surface area contributed by atoms with E-state index >= 15 is 0 Å². The van der Waals surface area contributed by atoms with Gasteiger partial charge in [-0.05, 0) is 55.8 Å². The Hall–Kier alpha value is -2.00. The summed E-state index contributed by atoms with van der Waals surface area (Å²) in [7, 11) is 4.19. The molecule has 0 aliphatic heterocycles. The van der Waals surface area contributed by atoms with E-state index in [4.69, 9.17) is 0 Å². The third-order valence-corrected chi connectivity index (χ3v) is 4.51. The van der Waals surface area contributed by atoms with Crippen LogP contribution in [-0.4, -0.2) is 35.3 Å². The van der Waals surface area contributed by atoms with Gasteiger partial charge in [-0.25, -0.2) is 0 Å². The summed E-state index contributed by atoms with van der Waals surface area (Å²) in [4.78, 5) is 2.24. The molecule has 0 radical (unpaired) electrons. The van der Waals surface area contributed by atoms with Crippen LogP contribution in [0.25, 0.3) is 0 Å². The Bertz CT molecular complexity index is 637. The predicted molar refractivity (Wildman–Crippen MR) is 83.9 cm³/mol. The molecule has 21 heavy (non-hydrogen) atoms. The molecule has 3 rings (SSSR count). The molecule has 0 unspecified atom stereocenters. The molecule has 2 aromatic carbocycles. The lowest BCUT2D eigenvalue weighted by molar-refractivity contribution is 0.257. The number of aromatic hydroxyl groups is 2. The second kappa shape index (κ2) is 5.41. The second-order valence-electron chi connectivity index (χ2n) is 6.06. The summed E-state index contributed by atoms with van der Waals surface area (Å²) in [6.07, 6.45) is 1.92. The smallest absolute Gasteiger partial charge is 0.157 e. The van der Waals surface area contributed by atoms with Crippen molar-refractivity contribution in [2.24, 2.45) is 0 Å². The third kappa shape index (κ3) is 2.61. The molecule has 1 aliphatic carbocycles. The standard InChI is InChI=1S/C18H21NO2/c1-19(2)14-8-13-9-17(20)18(21)11-16(13)15(10-14)12-6-4-3-5-7-12/h3-7,9,11,14-15,20-21H,8,10H2,1-2H3/t14-,15-/m0/s1. The summed E-state index contributed by atoms with van der Waals surface area (Å²) in [5, 5.41) is 19.6. The van der Waals surface area contributed by atoms with Crippen molar-refractivity contribution in [2.75, 3.05) is 14.1 Å². The molecule has 2 aromatic rings. The molecule has 0 fully saturated rings. The van der Waals surface area contributed by atoms with Gasteiger partial charge in [-0.15, -0.1) is 0 Å². The normalized spacial score (nSPS) is 21.3. The van der Waals surface area contributed by atoms with Gasteiger partial charge in [0.15, 0.2) is 11.5 Å². The Labute approximate surface area is 125 Å². The topological polar surface area (TPSA) is 43.7 Å². The Morgan fingerprint density at radius 3 is 2.33 bits per heavy atom. The van der Waals surface area contributed by atoms with Gasteiger partial charge < -0.3 is 15.1 Å². The maximum absolute atomic E-state index is 9.85. The van der Waals surface area contributed by atoms with Gasteiger partial charge in [-0.1, -0.05) is 30.3 Å². The van der Waals surface area contributed by atoms with Crippen LogP contribution in [0.5, 0.6) is 11.5 Å². The zero-order valence-corrected chi connectivity index (χ0v) is 12.5. The number of phenols is 2. The van der Waals surface area contributed by atoms with Crippen LogP contribution < -0.4 is 0 Å². The van der Waals surface area contributed by atoms with E-state index in [0.717, 1.165) is 24.0 Å². The highest BCUT2D eigenvalue weighted by Crippen LogP contribution is 2.42. The monoisotopic (exact) mass is 283 g/mol. The first-order valence-corrected chi connectivity index (χ1v) is 7.32. The minimum Gasteiger partial charge on any atom is -0.504 e. The first-order valence-electron chi connectivity index (χ1n) is 7.32. The van der Waals surface area contributed by atoms with E-state index in [1.54, 1.807) is 12.1 Å². The molecule has 0 saturated heterocycles.